The van der Waals surface area contributed by atoms with E-state index in [1.54, 1.807) is 5.56 Å². The second kappa shape index (κ2) is 5.70. The third kappa shape index (κ3) is 2.13. The summed E-state index contributed by atoms with van der Waals surface area (Å²) in [6.07, 6.45) is 8.09. The Morgan fingerprint density at radius 3 is 2.26 bits per heavy atom. The van der Waals surface area contributed by atoms with Crippen LogP contribution in [-0.4, -0.2) is 6.04 Å². The minimum absolute atomic E-state index is 0.367. The molecule has 0 radical (unpaired) electrons. The van der Waals surface area contributed by atoms with Crippen LogP contribution in [0.3, 0.4) is 0 Å². The molecule has 120 valence electrons. The number of aryl methyl sites for hydroxylation is 1. The van der Waals surface area contributed by atoms with Crippen molar-refractivity contribution in [2.75, 3.05) is 4.90 Å². The predicted octanol–water partition coefficient (Wildman–Crippen LogP) is 6.13. The maximum absolute atomic E-state index is 2.66. The van der Waals surface area contributed by atoms with E-state index in [4.69, 9.17) is 0 Å². The number of para-hydroxylation sites is 2. The van der Waals surface area contributed by atoms with E-state index in [1.807, 2.05) is 0 Å². The first-order valence-electron chi connectivity index (χ1n) is 9.22. The minimum atomic E-state index is 0.367. The molecule has 4 rings (SSSR count). The van der Waals surface area contributed by atoms with Gasteiger partial charge in [-0.2, -0.15) is 0 Å². The van der Waals surface area contributed by atoms with Crippen LogP contribution in [0.4, 0.5) is 11.4 Å². The molecular weight excluding hydrogens is 278 g/mol. The smallest absolute Gasteiger partial charge is 0.0452 e. The van der Waals surface area contributed by atoms with Crippen LogP contribution in [0.25, 0.3) is 0 Å². The number of benzene rings is 2. The largest absolute Gasteiger partial charge is 0.337 e. The average molecular weight is 305 g/mol. The zero-order valence-electron chi connectivity index (χ0n) is 14.4. The molecule has 1 heterocycles. The molecule has 0 saturated heterocycles. The lowest BCUT2D eigenvalue weighted by Gasteiger charge is -2.42. The highest BCUT2D eigenvalue weighted by Crippen LogP contribution is 2.56. The summed E-state index contributed by atoms with van der Waals surface area (Å²) in [6.45, 7) is 4.62. The molecule has 1 unspecified atom stereocenters. The van der Waals surface area contributed by atoms with Gasteiger partial charge in [-0.15, -0.1) is 0 Å². The van der Waals surface area contributed by atoms with E-state index in [0.717, 1.165) is 0 Å². The Morgan fingerprint density at radius 2 is 1.57 bits per heavy atom. The molecule has 1 atom stereocenters. The van der Waals surface area contributed by atoms with E-state index in [0.29, 0.717) is 11.5 Å². The van der Waals surface area contributed by atoms with Crippen molar-refractivity contribution in [1.29, 1.82) is 0 Å². The SMILES string of the molecule is CCC1N(c2ccccc2C)c2ccccc2C12CCCCC2. The van der Waals surface area contributed by atoms with Crippen molar-refractivity contribution in [2.24, 2.45) is 0 Å². The molecule has 1 saturated carbocycles. The van der Waals surface area contributed by atoms with Crippen LogP contribution >= 0.6 is 0 Å². The fourth-order valence-electron chi connectivity index (χ4n) is 5.19. The second-order valence-electron chi connectivity index (χ2n) is 7.31. The van der Waals surface area contributed by atoms with Crippen LogP contribution in [0.5, 0.6) is 0 Å². The number of fused-ring (bicyclic) bond motifs is 2. The third-order valence-corrected chi connectivity index (χ3v) is 6.16. The van der Waals surface area contributed by atoms with Crippen molar-refractivity contribution in [3.05, 3.63) is 59.7 Å². The lowest BCUT2D eigenvalue weighted by Crippen LogP contribution is -2.44. The van der Waals surface area contributed by atoms with Gasteiger partial charge in [-0.1, -0.05) is 62.6 Å². The summed E-state index contributed by atoms with van der Waals surface area (Å²) >= 11 is 0. The van der Waals surface area contributed by atoms with Gasteiger partial charge in [0.2, 0.25) is 0 Å². The van der Waals surface area contributed by atoms with E-state index in [9.17, 15) is 0 Å². The molecule has 0 aromatic heterocycles. The molecule has 1 fully saturated rings. The fourth-order valence-corrected chi connectivity index (χ4v) is 5.19. The summed E-state index contributed by atoms with van der Waals surface area (Å²) in [7, 11) is 0. The monoisotopic (exact) mass is 305 g/mol. The van der Waals surface area contributed by atoms with Crippen molar-refractivity contribution in [3.63, 3.8) is 0 Å². The molecule has 23 heavy (non-hydrogen) atoms. The van der Waals surface area contributed by atoms with Gasteiger partial charge in [0.25, 0.3) is 0 Å². The summed E-state index contributed by atoms with van der Waals surface area (Å²) in [6, 6.07) is 18.7. The summed E-state index contributed by atoms with van der Waals surface area (Å²) in [4.78, 5) is 2.66. The number of rotatable bonds is 2. The van der Waals surface area contributed by atoms with Gasteiger partial charge >= 0.3 is 0 Å². The van der Waals surface area contributed by atoms with E-state index in [1.165, 1.54) is 55.5 Å². The zero-order chi connectivity index (χ0) is 15.9. The zero-order valence-corrected chi connectivity index (χ0v) is 14.4. The van der Waals surface area contributed by atoms with Crippen LogP contribution in [0.2, 0.25) is 0 Å². The minimum Gasteiger partial charge on any atom is -0.337 e. The average Bonchev–Trinajstić information content (AvgIpc) is 2.86. The van der Waals surface area contributed by atoms with E-state index in [-0.39, 0.29) is 0 Å². The molecule has 2 aromatic carbocycles. The van der Waals surface area contributed by atoms with Crippen LogP contribution in [0.15, 0.2) is 48.5 Å². The number of anilines is 2. The lowest BCUT2D eigenvalue weighted by atomic mass is 9.66. The molecule has 1 heteroatoms. The maximum atomic E-state index is 2.66. The quantitative estimate of drug-likeness (QED) is 0.645. The standard InChI is InChI=1S/C22H27N/c1-3-21-22(15-9-4-10-16-22)18-12-6-8-14-20(18)23(21)19-13-7-5-11-17(19)2/h5-8,11-14,21H,3-4,9-10,15-16H2,1-2H3. The molecule has 2 aliphatic rings. The number of hydrogen-bond acceptors (Lipinski definition) is 1. The Bertz CT molecular complexity index is 697. The molecule has 0 N–H and O–H groups in total. The molecule has 0 amide bonds. The van der Waals surface area contributed by atoms with Crippen LogP contribution in [-0.2, 0) is 5.41 Å². The topological polar surface area (TPSA) is 3.24 Å². The van der Waals surface area contributed by atoms with Crippen molar-refractivity contribution in [3.8, 4) is 0 Å². The van der Waals surface area contributed by atoms with Gasteiger partial charge in [-0.25, -0.2) is 0 Å². The summed E-state index contributed by atoms with van der Waals surface area (Å²) in [5.41, 5.74) is 6.21. The van der Waals surface area contributed by atoms with Crippen molar-refractivity contribution in [1.82, 2.24) is 0 Å². The van der Waals surface area contributed by atoms with Gasteiger partial charge in [-0.3, -0.25) is 0 Å². The Hall–Kier alpha value is -1.76. The first kappa shape index (κ1) is 14.8. The maximum Gasteiger partial charge on any atom is 0.0452 e. The van der Waals surface area contributed by atoms with Crippen LogP contribution in [0, 0.1) is 6.92 Å². The Balaban J connectivity index is 1.91. The first-order chi connectivity index (χ1) is 11.3. The Labute approximate surface area is 140 Å². The molecule has 0 bridgehead atoms. The van der Waals surface area contributed by atoms with Crippen molar-refractivity contribution in [2.45, 2.75) is 63.8 Å². The first-order valence-corrected chi connectivity index (χ1v) is 9.22. The third-order valence-electron chi connectivity index (χ3n) is 6.16. The highest BCUT2D eigenvalue weighted by Gasteiger charge is 2.50. The summed E-state index contributed by atoms with van der Waals surface area (Å²) in [5.74, 6) is 0. The van der Waals surface area contributed by atoms with Crippen molar-refractivity contribution < 1.29 is 0 Å². The Morgan fingerprint density at radius 1 is 0.913 bits per heavy atom. The lowest BCUT2D eigenvalue weighted by molar-refractivity contribution is 0.254. The van der Waals surface area contributed by atoms with E-state index < -0.39 is 0 Å². The number of nitrogens with zero attached hydrogens (tertiary/aromatic N) is 1. The summed E-state index contributed by atoms with van der Waals surface area (Å²) < 4.78 is 0. The van der Waals surface area contributed by atoms with Crippen molar-refractivity contribution >= 4 is 11.4 Å². The van der Waals surface area contributed by atoms with Gasteiger partial charge in [0, 0.05) is 22.8 Å². The molecule has 1 nitrogen and oxygen atoms in total. The molecular formula is C22H27N. The normalized spacial score (nSPS) is 22.3. The van der Waals surface area contributed by atoms with Gasteiger partial charge in [0.05, 0.1) is 0 Å². The van der Waals surface area contributed by atoms with Gasteiger partial charge in [0.15, 0.2) is 0 Å². The number of hydrogen-bond donors (Lipinski definition) is 0. The summed E-state index contributed by atoms with van der Waals surface area (Å²) in [5, 5.41) is 0. The highest BCUT2D eigenvalue weighted by molar-refractivity contribution is 5.76. The van der Waals surface area contributed by atoms with E-state index >= 15 is 0 Å². The second-order valence-corrected chi connectivity index (χ2v) is 7.31. The van der Waals surface area contributed by atoms with E-state index in [2.05, 4.69) is 67.3 Å². The Kier molecular flexibility index (Phi) is 3.67. The van der Waals surface area contributed by atoms with Crippen LogP contribution < -0.4 is 4.90 Å². The van der Waals surface area contributed by atoms with Gasteiger partial charge in [-0.05, 0) is 49.4 Å². The van der Waals surface area contributed by atoms with Crippen LogP contribution in [0.1, 0.15) is 56.6 Å². The highest BCUT2D eigenvalue weighted by atomic mass is 15.2. The molecule has 1 aliphatic heterocycles. The molecule has 2 aromatic rings. The molecule has 1 aliphatic carbocycles. The van der Waals surface area contributed by atoms with Gasteiger partial charge < -0.3 is 4.90 Å². The fraction of sp³-hybridized carbons (Fsp3) is 0.455. The van der Waals surface area contributed by atoms with Gasteiger partial charge in [0.1, 0.15) is 0 Å². The molecule has 1 spiro atoms. The predicted molar refractivity (Wildman–Crippen MR) is 98.6 cm³/mol.